The Bertz CT molecular complexity index is 870. The van der Waals surface area contributed by atoms with Crippen molar-refractivity contribution in [1.82, 2.24) is 5.32 Å². The van der Waals surface area contributed by atoms with E-state index in [1.807, 2.05) is 31.2 Å². The molecule has 1 N–H and O–H groups in total. The molecule has 1 aliphatic heterocycles. The minimum atomic E-state index is -0.798. The highest BCUT2D eigenvalue weighted by atomic mass is 19.1. The Labute approximate surface area is 162 Å². The molecule has 0 aliphatic carbocycles. The molecule has 2 aromatic rings. The van der Waals surface area contributed by atoms with Gasteiger partial charge >= 0.3 is 0 Å². The normalized spacial score (nSPS) is 17.5. The number of ether oxygens (including phenoxy) is 1. The number of hydrogen-bond donors (Lipinski definition) is 1. The Balaban J connectivity index is 1.52. The van der Waals surface area contributed by atoms with Gasteiger partial charge in [0, 0.05) is 24.7 Å². The maximum absolute atomic E-state index is 13.6. The van der Waals surface area contributed by atoms with Gasteiger partial charge in [-0.25, -0.2) is 8.78 Å². The van der Waals surface area contributed by atoms with Crippen molar-refractivity contribution >= 4 is 17.5 Å². The summed E-state index contributed by atoms with van der Waals surface area (Å²) < 4.78 is 31.8. The summed E-state index contributed by atoms with van der Waals surface area (Å²) in [5.74, 6) is -2.37. The number of nitrogens with zero attached hydrogens (tertiary/aromatic N) is 1. The number of amides is 2. The Morgan fingerprint density at radius 2 is 1.96 bits per heavy atom. The highest BCUT2D eigenvalue weighted by molar-refractivity contribution is 6.00. The van der Waals surface area contributed by atoms with E-state index in [-0.39, 0.29) is 30.6 Å². The number of carbonyl (C=O) groups excluding carboxylic acids is 2. The summed E-state index contributed by atoms with van der Waals surface area (Å²) in [5, 5.41) is 2.79. The molecule has 1 fully saturated rings. The molecule has 0 radical (unpaired) electrons. The molecule has 5 nitrogen and oxygen atoms in total. The molecule has 1 heterocycles. The number of hydrogen-bond acceptors (Lipinski definition) is 3. The minimum Gasteiger partial charge on any atom is -0.488 e. The number of anilines is 1. The fourth-order valence-electron chi connectivity index (χ4n) is 3.07. The lowest BCUT2D eigenvalue weighted by atomic mass is 10.1. The Morgan fingerprint density at radius 3 is 2.64 bits per heavy atom. The van der Waals surface area contributed by atoms with E-state index >= 15 is 0 Å². The van der Waals surface area contributed by atoms with Crippen molar-refractivity contribution in [2.24, 2.45) is 5.92 Å². The summed E-state index contributed by atoms with van der Waals surface area (Å²) >= 11 is 0. The molecule has 0 spiro atoms. The van der Waals surface area contributed by atoms with Crippen LogP contribution in [0.2, 0.25) is 0 Å². The highest BCUT2D eigenvalue weighted by Gasteiger charge is 2.35. The van der Waals surface area contributed by atoms with E-state index < -0.39 is 23.6 Å². The third-order valence-electron chi connectivity index (χ3n) is 4.61. The predicted octanol–water partition coefficient (Wildman–Crippen LogP) is 3.21. The van der Waals surface area contributed by atoms with E-state index in [0.717, 1.165) is 23.4 Å². The summed E-state index contributed by atoms with van der Waals surface area (Å²) in [6.07, 6.45) is 0.139. The molecule has 1 saturated heterocycles. The smallest absolute Gasteiger partial charge is 0.227 e. The lowest BCUT2D eigenvalue weighted by molar-refractivity contribution is -0.127. The molecular weight excluding hydrogens is 366 g/mol. The SMILES string of the molecule is Cc1ccc(N2CC(C(=O)NC(C)COc3ccc(F)cc3F)CC2=O)cc1. The molecule has 0 saturated carbocycles. The van der Waals surface area contributed by atoms with E-state index in [0.29, 0.717) is 6.54 Å². The van der Waals surface area contributed by atoms with Gasteiger partial charge in [0.05, 0.1) is 12.0 Å². The van der Waals surface area contributed by atoms with Gasteiger partial charge in [-0.05, 0) is 38.1 Å². The number of aryl methyl sites for hydroxylation is 1. The first-order chi connectivity index (χ1) is 13.3. The first-order valence-corrected chi connectivity index (χ1v) is 9.08. The Kier molecular flexibility index (Phi) is 5.92. The third kappa shape index (κ3) is 4.65. The summed E-state index contributed by atoms with van der Waals surface area (Å²) in [7, 11) is 0. The van der Waals surface area contributed by atoms with Crippen LogP contribution in [0.5, 0.6) is 5.75 Å². The molecule has 0 aromatic heterocycles. The lowest BCUT2D eigenvalue weighted by Gasteiger charge is -2.19. The van der Waals surface area contributed by atoms with Crippen molar-refractivity contribution in [3.63, 3.8) is 0 Å². The monoisotopic (exact) mass is 388 g/mol. The number of carbonyl (C=O) groups is 2. The first kappa shape index (κ1) is 19.8. The average Bonchev–Trinajstić information content (AvgIpc) is 3.03. The fraction of sp³-hybridized carbons (Fsp3) is 0.333. The van der Waals surface area contributed by atoms with Crippen LogP contribution < -0.4 is 15.0 Å². The van der Waals surface area contributed by atoms with Gasteiger partial charge in [-0.3, -0.25) is 9.59 Å². The van der Waals surface area contributed by atoms with Crippen LogP contribution in [0.3, 0.4) is 0 Å². The molecule has 28 heavy (non-hydrogen) atoms. The van der Waals surface area contributed by atoms with Crippen LogP contribution in [0.4, 0.5) is 14.5 Å². The van der Waals surface area contributed by atoms with Gasteiger partial charge < -0.3 is 15.0 Å². The van der Waals surface area contributed by atoms with Crippen LogP contribution in [0.15, 0.2) is 42.5 Å². The van der Waals surface area contributed by atoms with Crippen molar-refractivity contribution in [3.8, 4) is 5.75 Å². The van der Waals surface area contributed by atoms with Crippen LogP contribution in [0.1, 0.15) is 18.9 Å². The summed E-state index contributed by atoms with van der Waals surface area (Å²) in [6.45, 7) is 4.02. The topological polar surface area (TPSA) is 58.6 Å². The quantitative estimate of drug-likeness (QED) is 0.827. The number of rotatable bonds is 6. The number of benzene rings is 2. The van der Waals surface area contributed by atoms with Crippen molar-refractivity contribution in [2.75, 3.05) is 18.1 Å². The second-order valence-electron chi connectivity index (χ2n) is 7.04. The zero-order valence-corrected chi connectivity index (χ0v) is 15.7. The molecular formula is C21H22F2N2O3. The fourth-order valence-corrected chi connectivity index (χ4v) is 3.07. The molecule has 2 aromatic carbocycles. The second-order valence-corrected chi connectivity index (χ2v) is 7.04. The molecule has 0 bridgehead atoms. The van der Waals surface area contributed by atoms with Crippen molar-refractivity contribution in [1.29, 1.82) is 0 Å². The zero-order valence-electron chi connectivity index (χ0n) is 15.7. The van der Waals surface area contributed by atoms with Crippen molar-refractivity contribution in [3.05, 3.63) is 59.7 Å². The van der Waals surface area contributed by atoms with E-state index in [2.05, 4.69) is 5.32 Å². The van der Waals surface area contributed by atoms with Gasteiger partial charge in [0.2, 0.25) is 11.8 Å². The Hall–Kier alpha value is -2.96. The molecule has 7 heteroatoms. The second kappa shape index (κ2) is 8.37. The van der Waals surface area contributed by atoms with E-state index in [4.69, 9.17) is 4.74 Å². The van der Waals surface area contributed by atoms with Crippen molar-refractivity contribution < 1.29 is 23.1 Å². The summed E-state index contributed by atoms with van der Waals surface area (Å²) in [5.41, 5.74) is 1.87. The lowest BCUT2D eigenvalue weighted by Crippen LogP contribution is -2.41. The maximum atomic E-state index is 13.6. The zero-order chi connectivity index (χ0) is 20.3. The van der Waals surface area contributed by atoms with Gasteiger partial charge in [0.25, 0.3) is 0 Å². The van der Waals surface area contributed by atoms with Gasteiger partial charge in [-0.2, -0.15) is 0 Å². The number of nitrogens with one attached hydrogen (secondary N) is 1. The molecule has 148 valence electrons. The van der Waals surface area contributed by atoms with Crippen molar-refractivity contribution in [2.45, 2.75) is 26.3 Å². The van der Waals surface area contributed by atoms with Gasteiger partial charge in [0.15, 0.2) is 11.6 Å². The van der Waals surface area contributed by atoms with Gasteiger partial charge in [0.1, 0.15) is 12.4 Å². The summed E-state index contributed by atoms with van der Waals surface area (Å²) in [6, 6.07) is 10.2. The van der Waals surface area contributed by atoms with E-state index in [1.165, 1.54) is 6.07 Å². The largest absolute Gasteiger partial charge is 0.488 e. The average molecular weight is 388 g/mol. The van der Waals surface area contributed by atoms with Crippen LogP contribution >= 0.6 is 0 Å². The van der Waals surface area contributed by atoms with Crippen LogP contribution in [-0.2, 0) is 9.59 Å². The van der Waals surface area contributed by atoms with Crippen LogP contribution in [0.25, 0.3) is 0 Å². The molecule has 1 aliphatic rings. The van der Waals surface area contributed by atoms with Crippen LogP contribution in [-0.4, -0.2) is 31.0 Å². The van der Waals surface area contributed by atoms with Crippen LogP contribution in [0, 0.1) is 24.5 Å². The standard InChI is InChI=1S/C21H22F2N2O3/c1-13-3-6-17(7-4-13)25-11-15(9-20(25)26)21(27)24-14(2)12-28-19-8-5-16(22)10-18(19)23/h3-8,10,14-15H,9,11-12H2,1-2H3,(H,24,27). The summed E-state index contributed by atoms with van der Waals surface area (Å²) in [4.78, 5) is 26.4. The van der Waals surface area contributed by atoms with Gasteiger partial charge in [-0.1, -0.05) is 17.7 Å². The molecule has 2 unspecified atom stereocenters. The molecule has 2 atom stereocenters. The Morgan fingerprint density at radius 1 is 1.25 bits per heavy atom. The number of halogens is 2. The minimum absolute atomic E-state index is 0.0244. The molecule has 3 rings (SSSR count). The van der Waals surface area contributed by atoms with E-state index in [9.17, 15) is 18.4 Å². The van der Waals surface area contributed by atoms with E-state index in [1.54, 1.807) is 11.8 Å². The van der Waals surface area contributed by atoms with Gasteiger partial charge in [-0.15, -0.1) is 0 Å². The highest BCUT2D eigenvalue weighted by Crippen LogP contribution is 2.25. The first-order valence-electron chi connectivity index (χ1n) is 9.08. The third-order valence-corrected chi connectivity index (χ3v) is 4.61. The predicted molar refractivity (Wildman–Crippen MR) is 101 cm³/mol. The molecule has 2 amide bonds. The maximum Gasteiger partial charge on any atom is 0.227 e.